The number of aromatic nitrogens is 3. The summed E-state index contributed by atoms with van der Waals surface area (Å²) in [5.41, 5.74) is 2.97. The zero-order valence-electron chi connectivity index (χ0n) is 13.9. The average molecular weight is 351 g/mol. The van der Waals surface area contributed by atoms with Gasteiger partial charge in [-0.3, -0.25) is 4.99 Å². The molecular formula is C20H19ClN4. The standard InChI is InChI=1S/C20H19ClN4/c21-17-6-4-5-15(13-17)14-22-18-10-8-16(9-11-18)20-24-23-19-7-2-1-3-12-25(19)20/h4-6,8-11,13-14H,1-3,7,12H2. The van der Waals surface area contributed by atoms with Gasteiger partial charge in [0.15, 0.2) is 5.82 Å². The summed E-state index contributed by atoms with van der Waals surface area (Å²) in [5, 5.41) is 9.49. The van der Waals surface area contributed by atoms with Crippen LogP contribution < -0.4 is 0 Å². The summed E-state index contributed by atoms with van der Waals surface area (Å²) in [6, 6.07) is 15.8. The Balaban J connectivity index is 1.55. The molecule has 4 nitrogen and oxygen atoms in total. The van der Waals surface area contributed by atoms with Crippen LogP contribution in [0, 0.1) is 0 Å². The molecule has 0 atom stereocenters. The molecule has 0 saturated carbocycles. The number of benzene rings is 2. The number of halogens is 1. The van der Waals surface area contributed by atoms with Crippen molar-refractivity contribution in [2.24, 2.45) is 4.99 Å². The second-order valence-corrected chi connectivity index (χ2v) is 6.70. The molecule has 1 aliphatic rings. The molecule has 0 N–H and O–H groups in total. The number of aryl methyl sites for hydroxylation is 1. The van der Waals surface area contributed by atoms with Gasteiger partial charge in [0.05, 0.1) is 5.69 Å². The molecule has 0 radical (unpaired) electrons. The van der Waals surface area contributed by atoms with E-state index in [9.17, 15) is 0 Å². The Labute approximate surface area is 152 Å². The lowest BCUT2D eigenvalue weighted by molar-refractivity contribution is 0.636. The van der Waals surface area contributed by atoms with E-state index < -0.39 is 0 Å². The predicted octanol–water partition coefficient (Wildman–Crippen LogP) is 5.08. The van der Waals surface area contributed by atoms with E-state index in [-0.39, 0.29) is 0 Å². The van der Waals surface area contributed by atoms with Crippen LogP contribution >= 0.6 is 11.6 Å². The Morgan fingerprint density at radius 2 is 1.88 bits per heavy atom. The minimum Gasteiger partial charge on any atom is -0.311 e. The molecule has 3 aromatic rings. The number of fused-ring (bicyclic) bond motifs is 1. The molecule has 0 amide bonds. The quantitative estimate of drug-likeness (QED) is 0.618. The van der Waals surface area contributed by atoms with Gasteiger partial charge in [0.25, 0.3) is 0 Å². The third kappa shape index (κ3) is 3.64. The summed E-state index contributed by atoms with van der Waals surface area (Å²) >= 11 is 6.00. The lowest BCUT2D eigenvalue weighted by Crippen LogP contribution is -2.02. The van der Waals surface area contributed by atoms with Crippen LogP contribution in [-0.4, -0.2) is 21.0 Å². The van der Waals surface area contributed by atoms with Gasteiger partial charge in [-0.05, 0) is 54.8 Å². The van der Waals surface area contributed by atoms with Crippen molar-refractivity contribution in [1.82, 2.24) is 14.8 Å². The van der Waals surface area contributed by atoms with E-state index in [1.807, 2.05) is 42.6 Å². The third-order valence-electron chi connectivity index (χ3n) is 4.45. The lowest BCUT2D eigenvalue weighted by atomic mass is 10.2. The van der Waals surface area contributed by atoms with E-state index in [0.717, 1.165) is 41.4 Å². The molecule has 0 fully saturated rings. The van der Waals surface area contributed by atoms with Crippen LogP contribution in [0.2, 0.25) is 5.02 Å². The second kappa shape index (κ2) is 7.19. The normalized spacial score (nSPS) is 14.4. The highest BCUT2D eigenvalue weighted by molar-refractivity contribution is 6.30. The van der Waals surface area contributed by atoms with Crippen molar-refractivity contribution < 1.29 is 0 Å². The Hall–Kier alpha value is -2.46. The molecule has 0 saturated heterocycles. The Bertz CT molecular complexity index is 896. The van der Waals surface area contributed by atoms with Crippen LogP contribution in [0.15, 0.2) is 53.5 Å². The summed E-state index contributed by atoms with van der Waals surface area (Å²) in [5.74, 6) is 2.07. The Morgan fingerprint density at radius 1 is 1.00 bits per heavy atom. The summed E-state index contributed by atoms with van der Waals surface area (Å²) in [4.78, 5) is 4.52. The van der Waals surface area contributed by atoms with Crippen LogP contribution in [0.5, 0.6) is 0 Å². The molecule has 4 rings (SSSR count). The van der Waals surface area contributed by atoms with Gasteiger partial charge < -0.3 is 4.57 Å². The number of hydrogen-bond acceptors (Lipinski definition) is 3. The van der Waals surface area contributed by atoms with Gasteiger partial charge in [-0.15, -0.1) is 10.2 Å². The van der Waals surface area contributed by atoms with Crippen LogP contribution in [0.4, 0.5) is 5.69 Å². The summed E-state index contributed by atoms with van der Waals surface area (Å²) in [6.07, 6.45) is 6.51. The Morgan fingerprint density at radius 3 is 2.72 bits per heavy atom. The summed E-state index contributed by atoms with van der Waals surface area (Å²) in [6.45, 7) is 1.01. The molecule has 1 aliphatic heterocycles. The van der Waals surface area contributed by atoms with E-state index in [0.29, 0.717) is 5.02 Å². The first-order chi connectivity index (χ1) is 12.3. The highest BCUT2D eigenvalue weighted by Gasteiger charge is 2.15. The van der Waals surface area contributed by atoms with E-state index in [1.54, 1.807) is 0 Å². The number of hydrogen-bond donors (Lipinski definition) is 0. The number of rotatable bonds is 3. The van der Waals surface area contributed by atoms with Crippen molar-refractivity contribution >= 4 is 23.5 Å². The largest absolute Gasteiger partial charge is 0.311 e. The molecule has 0 unspecified atom stereocenters. The molecule has 25 heavy (non-hydrogen) atoms. The summed E-state index contributed by atoms with van der Waals surface area (Å²) < 4.78 is 2.26. The zero-order valence-corrected chi connectivity index (χ0v) is 14.7. The van der Waals surface area contributed by atoms with Crippen molar-refractivity contribution in [3.05, 3.63) is 64.9 Å². The van der Waals surface area contributed by atoms with E-state index in [4.69, 9.17) is 11.6 Å². The van der Waals surface area contributed by atoms with Crippen molar-refractivity contribution in [3.63, 3.8) is 0 Å². The SMILES string of the molecule is Clc1cccc(C=Nc2ccc(-c3nnc4n3CCCCC4)cc2)c1. The molecular weight excluding hydrogens is 332 g/mol. The first-order valence-electron chi connectivity index (χ1n) is 8.62. The molecule has 2 aromatic carbocycles. The van der Waals surface area contributed by atoms with Crippen molar-refractivity contribution in [3.8, 4) is 11.4 Å². The minimum absolute atomic E-state index is 0.715. The van der Waals surface area contributed by atoms with E-state index >= 15 is 0 Å². The molecule has 2 heterocycles. The van der Waals surface area contributed by atoms with Gasteiger partial charge >= 0.3 is 0 Å². The second-order valence-electron chi connectivity index (χ2n) is 6.26. The summed E-state index contributed by atoms with van der Waals surface area (Å²) in [7, 11) is 0. The fourth-order valence-electron chi connectivity index (χ4n) is 3.13. The predicted molar refractivity (Wildman–Crippen MR) is 102 cm³/mol. The zero-order chi connectivity index (χ0) is 17.1. The fourth-order valence-corrected chi connectivity index (χ4v) is 3.33. The van der Waals surface area contributed by atoms with Crippen LogP contribution in [0.25, 0.3) is 11.4 Å². The van der Waals surface area contributed by atoms with Gasteiger partial charge in [-0.2, -0.15) is 0 Å². The number of aliphatic imine (C=N–C) groups is 1. The average Bonchev–Trinajstić information content (AvgIpc) is 2.89. The van der Waals surface area contributed by atoms with Crippen LogP contribution in [0.3, 0.4) is 0 Å². The highest BCUT2D eigenvalue weighted by atomic mass is 35.5. The van der Waals surface area contributed by atoms with Gasteiger partial charge in [0.1, 0.15) is 5.82 Å². The van der Waals surface area contributed by atoms with Gasteiger partial charge in [0.2, 0.25) is 0 Å². The van der Waals surface area contributed by atoms with E-state index in [2.05, 4.69) is 31.9 Å². The molecule has 0 aliphatic carbocycles. The van der Waals surface area contributed by atoms with Gasteiger partial charge in [0, 0.05) is 29.8 Å². The first-order valence-corrected chi connectivity index (χ1v) is 8.99. The molecule has 0 spiro atoms. The molecule has 5 heteroatoms. The fraction of sp³-hybridized carbons (Fsp3) is 0.250. The molecule has 126 valence electrons. The third-order valence-corrected chi connectivity index (χ3v) is 4.68. The van der Waals surface area contributed by atoms with Crippen LogP contribution in [-0.2, 0) is 13.0 Å². The Kier molecular flexibility index (Phi) is 4.61. The maximum Gasteiger partial charge on any atom is 0.163 e. The van der Waals surface area contributed by atoms with Gasteiger partial charge in [-0.25, -0.2) is 0 Å². The van der Waals surface area contributed by atoms with Crippen molar-refractivity contribution in [2.75, 3.05) is 0 Å². The van der Waals surface area contributed by atoms with E-state index in [1.165, 1.54) is 19.3 Å². The lowest BCUT2D eigenvalue weighted by Gasteiger charge is -2.07. The first kappa shape index (κ1) is 16.0. The topological polar surface area (TPSA) is 43.1 Å². The molecule has 1 aromatic heterocycles. The smallest absolute Gasteiger partial charge is 0.163 e. The van der Waals surface area contributed by atoms with Crippen molar-refractivity contribution in [1.29, 1.82) is 0 Å². The monoisotopic (exact) mass is 350 g/mol. The highest BCUT2D eigenvalue weighted by Crippen LogP contribution is 2.24. The number of nitrogens with zero attached hydrogens (tertiary/aromatic N) is 4. The van der Waals surface area contributed by atoms with Crippen LogP contribution in [0.1, 0.15) is 30.7 Å². The van der Waals surface area contributed by atoms with Crippen molar-refractivity contribution in [2.45, 2.75) is 32.2 Å². The maximum atomic E-state index is 6.00. The maximum absolute atomic E-state index is 6.00. The van der Waals surface area contributed by atoms with Gasteiger partial charge in [-0.1, -0.05) is 30.2 Å². The minimum atomic E-state index is 0.715. The molecule has 0 bridgehead atoms.